The zero-order chi connectivity index (χ0) is 23.4. The fraction of sp³-hybridized carbons (Fsp3) is 0.294. The number of ether oxygens (including phenoxy) is 1. The molecule has 168 valence electrons. The molecular formula is C17H16ClF3N4O4S2. The van der Waals surface area contributed by atoms with Gasteiger partial charge in [0.2, 0.25) is 0 Å². The van der Waals surface area contributed by atoms with Crippen LogP contribution in [0.3, 0.4) is 0 Å². The fourth-order valence-electron chi connectivity index (χ4n) is 2.17. The van der Waals surface area contributed by atoms with Crippen LogP contribution in [0.4, 0.5) is 13.2 Å². The van der Waals surface area contributed by atoms with Gasteiger partial charge in [-0.3, -0.25) is 10.2 Å². The molecule has 0 aliphatic heterocycles. The van der Waals surface area contributed by atoms with Crippen LogP contribution in [0.15, 0.2) is 34.2 Å². The number of nitrogens with one attached hydrogen (secondary N) is 2. The highest BCUT2D eigenvalue weighted by Gasteiger charge is 2.38. The fourth-order valence-corrected chi connectivity index (χ4v) is 4.02. The molecule has 1 heterocycles. The molecule has 2 N–H and O–H groups in total. The standard InChI is InChI=1S/C17H16ClF3N4O4S2/c1-3-29-11(26)8-23-13(12(18)14(22)17(19,20)21)16-25-24-15(30-16)9-5-4-6-10(7-9)31(2,27)28/h4-7,22-23H,3,8H2,1-2H3/b13-12+,22-14?. The number of carbonyl (C=O) groups is 1. The van der Waals surface area contributed by atoms with E-state index in [1.807, 2.05) is 0 Å². The number of esters is 1. The lowest BCUT2D eigenvalue weighted by Crippen LogP contribution is -2.28. The Bertz CT molecular complexity index is 1130. The number of carbonyl (C=O) groups excluding carboxylic acids is 1. The summed E-state index contributed by atoms with van der Waals surface area (Å²) in [5.74, 6) is -0.756. The third-order valence-corrected chi connectivity index (χ3v) is 6.06. The van der Waals surface area contributed by atoms with Crippen LogP contribution in [0.1, 0.15) is 11.9 Å². The lowest BCUT2D eigenvalue weighted by molar-refractivity contribution is -0.141. The summed E-state index contributed by atoms with van der Waals surface area (Å²) in [4.78, 5) is 11.6. The van der Waals surface area contributed by atoms with E-state index in [2.05, 4.69) is 15.5 Å². The molecule has 0 unspecified atom stereocenters. The number of halogens is 4. The number of benzene rings is 1. The molecule has 0 aliphatic rings. The number of sulfone groups is 1. The molecular weight excluding hydrogens is 481 g/mol. The molecule has 8 nitrogen and oxygen atoms in total. The molecule has 14 heteroatoms. The van der Waals surface area contributed by atoms with E-state index in [1.54, 1.807) is 13.0 Å². The Kier molecular flexibility index (Phi) is 7.78. The molecule has 2 aromatic rings. The van der Waals surface area contributed by atoms with Crippen LogP contribution < -0.4 is 5.32 Å². The zero-order valence-corrected chi connectivity index (χ0v) is 18.5. The molecule has 0 spiro atoms. The second kappa shape index (κ2) is 9.75. The first-order chi connectivity index (χ1) is 14.3. The smallest absolute Gasteiger partial charge is 0.434 e. The van der Waals surface area contributed by atoms with Crippen LogP contribution >= 0.6 is 22.9 Å². The van der Waals surface area contributed by atoms with E-state index in [0.29, 0.717) is 5.56 Å². The van der Waals surface area contributed by atoms with Crippen molar-refractivity contribution in [1.82, 2.24) is 15.5 Å². The third kappa shape index (κ3) is 6.48. The number of allylic oxidation sites excluding steroid dienone is 1. The number of rotatable bonds is 8. The summed E-state index contributed by atoms with van der Waals surface area (Å²) in [7, 11) is -3.50. The van der Waals surface area contributed by atoms with Gasteiger partial charge >= 0.3 is 12.1 Å². The van der Waals surface area contributed by atoms with Crippen molar-refractivity contribution < 1.29 is 31.1 Å². The second-order valence-electron chi connectivity index (χ2n) is 5.93. The van der Waals surface area contributed by atoms with Gasteiger partial charge in [0.1, 0.15) is 11.6 Å². The number of alkyl halides is 3. The molecule has 0 atom stereocenters. The minimum absolute atomic E-state index is 0.0230. The van der Waals surface area contributed by atoms with Gasteiger partial charge in [0.05, 0.1) is 22.2 Å². The van der Waals surface area contributed by atoms with Gasteiger partial charge in [-0.2, -0.15) is 13.2 Å². The number of nitrogens with zero attached hydrogens (tertiary/aromatic N) is 2. The Morgan fingerprint density at radius 3 is 2.58 bits per heavy atom. The zero-order valence-electron chi connectivity index (χ0n) is 16.1. The van der Waals surface area contributed by atoms with Crippen molar-refractivity contribution in [2.24, 2.45) is 0 Å². The van der Waals surface area contributed by atoms with E-state index in [9.17, 15) is 26.4 Å². The highest BCUT2D eigenvalue weighted by molar-refractivity contribution is 7.90. The highest BCUT2D eigenvalue weighted by atomic mass is 35.5. The normalized spacial score (nSPS) is 12.8. The molecule has 0 radical (unpaired) electrons. The van der Waals surface area contributed by atoms with E-state index < -0.39 is 45.0 Å². The minimum atomic E-state index is -5.04. The van der Waals surface area contributed by atoms with Gasteiger partial charge in [-0.15, -0.1) is 10.2 Å². The molecule has 0 fully saturated rings. The SMILES string of the molecule is CCOC(=O)CN/C(=C(/Cl)C(=N)C(F)(F)F)c1nnc(-c2cccc(S(C)(=O)=O)c2)s1. The van der Waals surface area contributed by atoms with E-state index >= 15 is 0 Å². The summed E-state index contributed by atoms with van der Waals surface area (Å²) in [5, 5.41) is 16.4. The van der Waals surface area contributed by atoms with Crippen molar-refractivity contribution in [1.29, 1.82) is 5.41 Å². The average Bonchev–Trinajstić information content (AvgIpc) is 3.16. The lowest BCUT2D eigenvalue weighted by Gasteiger charge is -2.13. The number of hydrogen-bond donors (Lipinski definition) is 2. The van der Waals surface area contributed by atoms with E-state index in [0.717, 1.165) is 17.6 Å². The molecule has 0 bridgehead atoms. The van der Waals surface area contributed by atoms with Crippen molar-refractivity contribution >= 4 is 50.2 Å². The molecule has 0 saturated heterocycles. The van der Waals surface area contributed by atoms with Crippen molar-refractivity contribution in [2.45, 2.75) is 18.0 Å². The highest BCUT2D eigenvalue weighted by Crippen LogP contribution is 2.32. The predicted octanol–water partition coefficient (Wildman–Crippen LogP) is 3.25. The Labute approximate surface area is 184 Å². The van der Waals surface area contributed by atoms with Crippen LogP contribution in [0, 0.1) is 5.41 Å². The van der Waals surface area contributed by atoms with Gasteiger partial charge in [-0.25, -0.2) is 8.42 Å². The number of aromatic nitrogens is 2. The molecule has 2 rings (SSSR count). The minimum Gasteiger partial charge on any atom is -0.465 e. The first kappa shape index (κ1) is 24.8. The third-order valence-electron chi connectivity index (χ3n) is 3.59. The van der Waals surface area contributed by atoms with Crippen LogP contribution in [-0.4, -0.2) is 55.9 Å². The summed E-state index contributed by atoms with van der Waals surface area (Å²) in [6.45, 7) is 1.09. The Morgan fingerprint density at radius 2 is 2.00 bits per heavy atom. The molecule has 1 aromatic carbocycles. The Morgan fingerprint density at radius 1 is 1.32 bits per heavy atom. The van der Waals surface area contributed by atoms with Crippen molar-refractivity contribution in [3.63, 3.8) is 0 Å². The summed E-state index contributed by atoms with van der Waals surface area (Å²) in [5.41, 5.74) is -1.91. The summed E-state index contributed by atoms with van der Waals surface area (Å²) >= 11 is 6.59. The molecule has 31 heavy (non-hydrogen) atoms. The quantitative estimate of drug-likeness (QED) is 0.425. The second-order valence-corrected chi connectivity index (χ2v) is 9.30. The molecule has 0 aliphatic carbocycles. The summed E-state index contributed by atoms with van der Waals surface area (Å²) < 4.78 is 67.1. The van der Waals surface area contributed by atoms with Crippen LogP contribution in [-0.2, 0) is 19.4 Å². The maximum absolute atomic E-state index is 13.0. The maximum Gasteiger partial charge on any atom is 0.434 e. The molecule has 0 amide bonds. The van der Waals surface area contributed by atoms with E-state index in [1.165, 1.54) is 18.2 Å². The first-order valence-electron chi connectivity index (χ1n) is 8.44. The Balaban J connectivity index is 2.48. The van der Waals surface area contributed by atoms with Gasteiger partial charge in [0, 0.05) is 11.8 Å². The van der Waals surface area contributed by atoms with E-state index in [4.69, 9.17) is 21.7 Å². The predicted molar refractivity (Wildman–Crippen MR) is 110 cm³/mol. The van der Waals surface area contributed by atoms with Crippen molar-refractivity contribution in [2.75, 3.05) is 19.4 Å². The average molecular weight is 497 g/mol. The molecule has 0 saturated carbocycles. The van der Waals surface area contributed by atoms with Gasteiger partial charge < -0.3 is 10.1 Å². The van der Waals surface area contributed by atoms with Gasteiger partial charge in [-0.05, 0) is 19.1 Å². The van der Waals surface area contributed by atoms with Crippen LogP contribution in [0.25, 0.3) is 16.3 Å². The van der Waals surface area contributed by atoms with Gasteiger partial charge in [0.15, 0.2) is 20.6 Å². The summed E-state index contributed by atoms with van der Waals surface area (Å²) in [6, 6.07) is 5.76. The van der Waals surface area contributed by atoms with Crippen molar-refractivity contribution in [3.05, 3.63) is 34.3 Å². The largest absolute Gasteiger partial charge is 0.465 e. The topological polar surface area (TPSA) is 122 Å². The van der Waals surface area contributed by atoms with Crippen LogP contribution in [0.5, 0.6) is 0 Å². The number of hydrogen-bond acceptors (Lipinski definition) is 9. The van der Waals surface area contributed by atoms with Gasteiger partial charge in [-0.1, -0.05) is 35.1 Å². The first-order valence-corrected chi connectivity index (χ1v) is 11.5. The summed E-state index contributed by atoms with van der Waals surface area (Å²) in [6.07, 6.45) is -4.01. The maximum atomic E-state index is 13.0. The lowest BCUT2D eigenvalue weighted by atomic mass is 10.2. The van der Waals surface area contributed by atoms with Crippen molar-refractivity contribution in [3.8, 4) is 10.6 Å². The van der Waals surface area contributed by atoms with Gasteiger partial charge in [0.25, 0.3) is 0 Å². The molecule has 1 aromatic heterocycles. The van der Waals surface area contributed by atoms with E-state index in [-0.39, 0.29) is 21.5 Å². The Hall–Kier alpha value is -2.51. The van der Waals surface area contributed by atoms with Crippen LogP contribution in [0.2, 0.25) is 0 Å². The monoisotopic (exact) mass is 496 g/mol.